The second kappa shape index (κ2) is 9.41. The molecule has 6 nitrogen and oxygen atoms in total. The fourth-order valence-electron chi connectivity index (χ4n) is 3.04. The van der Waals surface area contributed by atoms with Gasteiger partial charge in [-0.1, -0.05) is 29.4 Å². The molecule has 0 saturated carbocycles. The highest BCUT2D eigenvalue weighted by Crippen LogP contribution is 2.27. The van der Waals surface area contributed by atoms with Gasteiger partial charge in [-0.15, -0.1) is 0 Å². The summed E-state index contributed by atoms with van der Waals surface area (Å²) >= 11 is 7.49. The minimum Gasteiger partial charge on any atom is -0.494 e. The molecule has 0 aliphatic rings. The molecule has 0 aliphatic heterocycles. The molecule has 0 unspecified atom stereocenters. The lowest BCUT2D eigenvalue weighted by Crippen LogP contribution is -2.14. The van der Waals surface area contributed by atoms with Gasteiger partial charge in [-0.25, -0.2) is 9.50 Å². The predicted molar refractivity (Wildman–Crippen MR) is 125 cm³/mol. The molecule has 4 rings (SSSR count). The van der Waals surface area contributed by atoms with E-state index in [-0.39, 0.29) is 11.7 Å². The standard InChI is InChI=1S/C23H21ClN4O2S/c1-3-30-18-8-5-16(6-9-18)20-13-21-23(25-10-11-28(21)27-20)31-14-22(29)26-17-7-4-15(2)19(24)12-17/h4-13H,3,14H2,1-2H3,(H,26,29). The van der Waals surface area contributed by atoms with Gasteiger partial charge in [0.1, 0.15) is 10.8 Å². The zero-order valence-corrected chi connectivity index (χ0v) is 18.7. The van der Waals surface area contributed by atoms with Gasteiger partial charge in [0.25, 0.3) is 0 Å². The van der Waals surface area contributed by atoms with E-state index in [1.165, 1.54) is 11.8 Å². The van der Waals surface area contributed by atoms with Crippen molar-refractivity contribution in [2.24, 2.45) is 0 Å². The number of aromatic nitrogens is 3. The van der Waals surface area contributed by atoms with Gasteiger partial charge in [-0.2, -0.15) is 5.10 Å². The molecule has 0 saturated heterocycles. The van der Waals surface area contributed by atoms with Crippen molar-refractivity contribution in [1.29, 1.82) is 0 Å². The van der Waals surface area contributed by atoms with Crippen LogP contribution in [0.5, 0.6) is 5.75 Å². The zero-order chi connectivity index (χ0) is 21.8. The summed E-state index contributed by atoms with van der Waals surface area (Å²) in [4.78, 5) is 16.8. The van der Waals surface area contributed by atoms with Crippen molar-refractivity contribution in [3.05, 3.63) is 71.5 Å². The molecule has 2 aromatic heterocycles. The van der Waals surface area contributed by atoms with E-state index in [2.05, 4.69) is 15.4 Å². The second-order valence-electron chi connectivity index (χ2n) is 6.85. The SMILES string of the molecule is CCOc1ccc(-c2cc3c(SCC(=O)Nc4ccc(C)c(Cl)c4)nccn3n2)cc1. The van der Waals surface area contributed by atoms with Crippen LogP contribution in [-0.4, -0.2) is 32.9 Å². The highest BCUT2D eigenvalue weighted by molar-refractivity contribution is 8.00. The Kier molecular flexibility index (Phi) is 6.44. The lowest BCUT2D eigenvalue weighted by atomic mass is 10.1. The maximum Gasteiger partial charge on any atom is 0.234 e. The van der Waals surface area contributed by atoms with E-state index in [0.29, 0.717) is 17.3 Å². The fraction of sp³-hybridized carbons (Fsp3) is 0.174. The van der Waals surface area contributed by atoms with Gasteiger partial charge in [0.15, 0.2) is 0 Å². The number of ether oxygens (including phenoxy) is 1. The highest BCUT2D eigenvalue weighted by atomic mass is 35.5. The molecule has 0 spiro atoms. The fourth-order valence-corrected chi connectivity index (χ4v) is 4.00. The summed E-state index contributed by atoms with van der Waals surface area (Å²) in [6.45, 7) is 4.51. The van der Waals surface area contributed by atoms with Crippen LogP contribution in [0.15, 0.2) is 66.0 Å². The van der Waals surface area contributed by atoms with E-state index in [0.717, 1.165) is 33.1 Å². The first-order valence-corrected chi connectivity index (χ1v) is 11.2. The summed E-state index contributed by atoms with van der Waals surface area (Å²) in [5.41, 5.74) is 4.31. The molecule has 4 aromatic rings. The number of nitrogens with zero attached hydrogens (tertiary/aromatic N) is 3. The lowest BCUT2D eigenvalue weighted by molar-refractivity contribution is -0.113. The first-order chi connectivity index (χ1) is 15.0. The van der Waals surface area contributed by atoms with E-state index in [1.807, 2.05) is 56.3 Å². The van der Waals surface area contributed by atoms with Gasteiger partial charge in [0, 0.05) is 28.7 Å². The van der Waals surface area contributed by atoms with Gasteiger partial charge in [-0.3, -0.25) is 4.79 Å². The second-order valence-corrected chi connectivity index (χ2v) is 8.22. The number of rotatable bonds is 7. The number of thioether (sulfide) groups is 1. The number of carbonyl (C=O) groups is 1. The molecule has 2 aromatic carbocycles. The number of hydrogen-bond donors (Lipinski definition) is 1. The largest absolute Gasteiger partial charge is 0.494 e. The number of carbonyl (C=O) groups excluding carboxylic acids is 1. The van der Waals surface area contributed by atoms with Crippen molar-refractivity contribution in [3.63, 3.8) is 0 Å². The third-order valence-corrected chi connectivity index (χ3v) is 6.01. The first kappa shape index (κ1) is 21.2. The van der Waals surface area contributed by atoms with Crippen LogP contribution in [0.2, 0.25) is 5.02 Å². The smallest absolute Gasteiger partial charge is 0.234 e. The Labute approximate surface area is 189 Å². The molecule has 0 atom stereocenters. The molecule has 0 bridgehead atoms. The number of halogens is 1. The van der Waals surface area contributed by atoms with E-state index in [9.17, 15) is 4.79 Å². The van der Waals surface area contributed by atoms with Crippen LogP contribution in [0.4, 0.5) is 5.69 Å². The van der Waals surface area contributed by atoms with Crippen LogP contribution in [0.25, 0.3) is 16.8 Å². The number of benzene rings is 2. The Morgan fingerprint density at radius 2 is 2.00 bits per heavy atom. The van der Waals surface area contributed by atoms with Crippen LogP contribution in [0, 0.1) is 6.92 Å². The Bertz CT molecular complexity index is 1220. The Balaban J connectivity index is 1.47. The first-order valence-electron chi connectivity index (χ1n) is 9.80. The summed E-state index contributed by atoms with van der Waals surface area (Å²) in [6, 6.07) is 15.3. The van der Waals surface area contributed by atoms with Crippen LogP contribution >= 0.6 is 23.4 Å². The summed E-state index contributed by atoms with van der Waals surface area (Å²) in [7, 11) is 0. The number of nitrogens with one attached hydrogen (secondary N) is 1. The molecular weight excluding hydrogens is 432 g/mol. The van der Waals surface area contributed by atoms with Crippen molar-refractivity contribution >= 4 is 40.5 Å². The van der Waals surface area contributed by atoms with Crippen molar-refractivity contribution in [2.45, 2.75) is 18.9 Å². The van der Waals surface area contributed by atoms with Crippen LogP contribution in [0.3, 0.4) is 0 Å². The normalized spacial score (nSPS) is 10.9. The average Bonchev–Trinajstić information content (AvgIpc) is 3.20. The average molecular weight is 453 g/mol. The molecule has 0 aliphatic carbocycles. The van der Waals surface area contributed by atoms with Gasteiger partial charge >= 0.3 is 0 Å². The van der Waals surface area contributed by atoms with Gasteiger partial charge in [0.05, 0.1) is 23.6 Å². The molecule has 1 N–H and O–H groups in total. The maximum atomic E-state index is 12.4. The molecule has 8 heteroatoms. The minimum absolute atomic E-state index is 0.125. The van der Waals surface area contributed by atoms with Gasteiger partial charge in [-0.05, 0) is 61.9 Å². The van der Waals surface area contributed by atoms with Crippen molar-refractivity contribution in [2.75, 3.05) is 17.7 Å². The number of amides is 1. The van der Waals surface area contributed by atoms with Crippen LogP contribution in [-0.2, 0) is 4.79 Å². The Morgan fingerprint density at radius 1 is 1.19 bits per heavy atom. The van der Waals surface area contributed by atoms with E-state index < -0.39 is 0 Å². The third kappa shape index (κ3) is 5.00. The number of hydrogen-bond acceptors (Lipinski definition) is 5. The van der Waals surface area contributed by atoms with Crippen molar-refractivity contribution in [3.8, 4) is 17.0 Å². The van der Waals surface area contributed by atoms with Gasteiger partial charge < -0.3 is 10.1 Å². The van der Waals surface area contributed by atoms with Crippen LogP contribution < -0.4 is 10.1 Å². The summed E-state index contributed by atoms with van der Waals surface area (Å²) in [5, 5.41) is 8.87. The molecule has 1 amide bonds. The quantitative estimate of drug-likeness (QED) is 0.375. The molecule has 158 valence electrons. The summed E-state index contributed by atoms with van der Waals surface area (Å²) in [6.07, 6.45) is 3.48. The Hall–Kier alpha value is -3.03. The molecular formula is C23H21ClN4O2S. The number of anilines is 1. The van der Waals surface area contributed by atoms with E-state index >= 15 is 0 Å². The van der Waals surface area contributed by atoms with Crippen LogP contribution in [0.1, 0.15) is 12.5 Å². The number of fused-ring (bicyclic) bond motifs is 1. The topological polar surface area (TPSA) is 68.5 Å². The molecule has 0 fully saturated rings. The molecule has 0 radical (unpaired) electrons. The minimum atomic E-state index is -0.125. The monoisotopic (exact) mass is 452 g/mol. The van der Waals surface area contributed by atoms with Gasteiger partial charge in [0.2, 0.25) is 5.91 Å². The van der Waals surface area contributed by atoms with E-state index in [4.69, 9.17) is 16.3 Å². The highest BCUT2D eigenvalue weighted by Gasteiger charge is 2.12. The zero-order valence-electron chi connectivity index (χ0n) is 17.1. The molecule has 31 heavy (non-hydrogen) atoms. The Morgan fingerprint density at radius 3 is 2.74 bits per heavy atom. The summed E-state index contributed by atoms with van der Waals surface area (Å²) < 4.78 is 7.28. The molecule has 2 heterocycles. The maximum absolute atomic E-state index is 12.4. The summed E-state index contributed by atoms with van der Waals surface area (Å²) in [5.74, 6) is 0.927. The van der Waals surface area contributed by atoms with E-state index in [1.54, 1.807) is 23.0 Å². The van der Waals surface area contributed by atoms with Crippen molar-refractivity contribution < 1.29 is 9.53 Å². The number of aryl methyl sites for hydroxylation is 1. The predicted octanol–water partition coefficient (Wildman–Crippen LogP) is 5.49. The third-order valence-electron chi connectivity index (χ3n) is 4.61. The van der Waals surface area contributed by atoms with Crippen molar-refractivity contribution in [1.82, 2.24) is 14.6 Å². The lowest BCUT2D eigenvalue weighted by Gasteiger charge is -2.07.